The number of ether oxygens (including phenoxy) is 6. The van der Waals surface area contributed by atoms with Crippen LogP contribution >= 0.6 is 0 Å². The molecule has 0 amide bonds. The molecular formula is C39H76O10Si3. The second kappa shape index (κ2) is 20.0. The maximum atomic E-state index is 12.4. The molecule has 3 aliphatic heterocycles. The second-order valence-corrected chi connectivity index (χ2v) is 29.9. The van der Waals surface area contributed by atoms with Crippen molar-refractivity contribution in [3.63, 3.8) is 0 Å². The van der Waals surface area contributed by atoms with E-state index in [1.807, 2.05) is 13.0 Å². The van der Waals surface area contributed by atoms with Gasteiger partial charge in [0.1, 0.15) is 18.3 Å². The number of esters is 1. The monoisotopic (exact) mass is 788 g/mol. The van der Waals surface area contributed by atoms with Crippen molar-refractivity contribution in [1.29, 1.82) is 0 Å². The lowest BCUT2D eigenvalue weighted by molar-refractivity contribution is -0.319. The Morgan fingerprint density at radius 3 is 1.69 bits per heavy atom. The molecule has 3 rings (SSSR count). The van der Waals surface area contributed by atoms with Crippen LogP contribution in [-0.4, -0.2) is 97.9 Å². The molecule has 0 unspecified atom stereocenters. The van der Waals surface area contributed by atoms with Crippen molar-refractivity contribution < 1.29 is 46.5 Å². The van der Waals surface area contributed by atoms with E-state index in [2.05, 4.69) is 83.1 Å². The van der Waals surface area contributed by atoms with Crippen molar-refractivity contribution in [1.82, 2.24) is 0 Å². The summed E-state index contributed by atoms with van der Waals surface area (Å²) in [5.74, 6) is -0.339. The smallest absolute Gasteiger partial charge is 0.303 e. The fourth-order valence-electron chi connectivity index (χ4n) is 8.67. The average Bonchev–Trinajstić information content (AvgIpc) is 3.12. The van der Waals surface area contributed by atoms with E-state index >= 15 is 0 Å². The van der Waals surface area contributed by atoms with Crippen LogP contribution in [0.4, 0.5) is 0 Å². The van der Waals surface area contributed by atoms with Crippen molar-refractivity contribution in [2.45, 2.75) is 231 Å². The van der Waals surface area contributed by atoms with Crippen LogP contribution in [0.3, 0.4) is 0 Å². The molecule has 10 nitrogen and oxygen atoms in total. The molecule has 0 radical (unpaired) electrons. The number of hydrogen-bond acceptors (Lipinski definition) is 10. The first-order valence-electron chi connectivity index (χ1n) is 20.8. The van der Waals surface area contributed by atoms with Gasteiger partial charge in [0.2, 0.25) is 0 Å². The Balaban J connectivity index is 1.96. The van der Waals surface area contributed by atoms with Crippen LogP contribution in [0.25, 0.3) is 0 Å². The zero-order valence-electron chi connectivity index (χ0n) is 35.3. The minimum atomic E-state index is -2.11. The van der Waals surface area contributed by atoms with Gasteiger partial charge in [-0.3, -0.25) is 4.79 Å². The molecule has 0 aromatic carbocycles. The highest BCUT2D eigenvalue weighted by Gasteiger charge is 2.54. The largest absolute Gasteiger partial charge is 0.496 e. The summed E-state index contributed by atoms with van der Waals surface area (Å²) in [5.41, 5.74) is -0.776. The van der Waals surface area contributed by atoms with E-state index in [9.17, 15) is 4.79 Å². The van der Waals surface area contributed by atoms with Gasteiger partial charge < -0.3 is 41.7 Å². The highest BCUT2D eigenvalue weighted by molar-refractivity contribution is 6.74. The molecule has 3 aliphatic rings. The maximum Gasteiger partial charge on any atom is 0.303 e. The Labute approximate surface area is 320 Å². The van der Waals surface area contributed by atoms with Crippen LogP contribution in [0, 0.1) is 0 Å². The summed E-state index contributed by atoms with van der Waals surface area (Å²) in [6, 6.07) is 9.13. The Kier molecular flexibility index (Phi) is 17.6. The fraction of sp³-hybridized carbons (Fsp3) is 0.923. The minimum Gasteiger partial charge on any atom is -0.496 e. The van der Waals surface area contributed by atoms with Crippen molar-refractivity contribution in [3.05, 3.63) is 12.3 Å². The molecule has 0 bridgehead atoms. The molecule has 2 fully saturated rings. The van der Waals surface area contributed by atoms with E-state index in [0.29, 0.717) is 12.8 Å². The topological polar surface area (TPSA) is 100 Å². The third-order valence-corrected chi connectivity index (χ3v) is 26.9. The Morgan fingerprint density at radius 1 is 0.692 bits per heavy atom. The van der Waals surface area contributed by atoms with E-state index in [-0.39, 0.29) is 42.6 Å². The molecule has 0 N–H and O–H groups in total. The van der Waals surface area contributed by atoms with Gasteiger partial charge in [-0.1, -0.05) is 62.3 Å². The Bertz CT molecular complexity index is 1090. The molecule has 0 saturated carbocycles. The first-order chi connectivity index (χ1) is 24.6. The first-order valence-corrected chi connectivity index (χ1v) is 28.4. The van der Waals surface area contributed by atoms with Gasteiger partial charge in [-0.05, 0) is 88.2 Å². The molecule has 0 aromatic heterocycles. The lowest BCUT2D eigenvalue weighted by Gasteiger charge is -2.52. The number of carbonyl (C=O) groups excluding carboxylic acids is 1. The number of hydrogen-bond donors (Lipinski definition) is 0. The molecule has 13 heteroatoms. The van der Waals surface area contributed by atoms with Gasteiger partial charge in [0.25, 0.3) is 0 Å². The highest BCUT2D eigenvalue weighted by Crippen LogP contribution is 2.42. The van der Waals surface area contributed by atoms with Gasteiger partial charge >= 0.3 is 5.97 Å². The molecule has 0 spiro atoms. The highest BCUT2D eigenvalue weighted by atomic mass is 28.4. The Hall–Kier alpha value is -0.619. The minimum absolute atomic E-state index is 0.147. The molecule has 52 heavy (non-hydrogen) atoms. The van der Waals surface area contributed by atoms with Crippen LogP contribution in [0.2, 0.25) is 54.4 Å². The van der Waals surface area contributed by atoms with E-state index < -0.39 is 55.3 Å². The zero-order valence-corrected chi connectivity index (χ0v) is 38.3. The predicted octanol–water partition coefficient (Wildman–Crippen LogP) is 9.45. The molecule has 0 aromatic rings. The summed E-state index contributed by atoms with van der Waals surface area (Å²) in [7, 11) is -6.13. The zero-order chi connectivity index (χ0) is 38.9. The van der Waals surface area contributed by atoms with Crippen molar-refractivity contribution in [2.75, 3.05) is 0 Å². The normalized spacial score (nSPS) is 34.6. The molecular weight excluding hydrogens is 713 g/mol. The number of carbonyl (C=O) groups is 1. The molecule has 11 atom stereocenters. The van der Waals surface area contributed by atoms with Crippen molar-refractivity contribution >= 4 is 30.9 Å². The first kappa shape index (κ1) is 45.8. The van der Waals surface area contributed by atoms with Crippen LogP contribution in [-0.2, 0) is 46.5 Å². The van der Waals surface area contributed by atoms with Gasteiger partial charge in [-0.2, -0.15) is 0 Å². The lowest BCUT2D eigenvalue weighted by Crippen LogP contribution is -2.63. The van der Waals surface area contributed by atoms with Gasteiger partial charge in [-0.25, -0.2) is 0 Å². The van der Waals surface area contributed by atoms with Gasteiger partial charge in [0.05, 0.1) is 36.3 Å². The van der Waals surface area contributed by atoms with Crippen LogP contribution in [0.5, 0.6) is 0 Å². The SMILES string of the molecule is CC[Si](CC)(CC)O[C@@H]1[C@@H](C)OC=C[C@H]1O[C@H]1C[C@@H](O[C@H]2C[C@](C)(O[Si](CC)(CC)CC)[C@@H](OC(C)=O)[C@H](C)O2)[C@H](O[Si](CC)(CC)CC)[C@@H](C)O1. The Morgan fingerprint density at radius 2 is 1.19 bits per heavy atom. The molecule has 304 valence electrons. The van der Waals surface area contributed by atoms with E-state index in [1.54, 1.807) is 6.26 Å². The molecule has 0 aliphatic carbocycles. The molecule has 2 saturated heterocycles. The van der Waals surface area contributed by atoms with Crippen molar-refractivity contribution in [3.8, 4) is 0 Å². The number of rotatable bonds is 20. The predicted molar refractivity (Wildman–Crippen MR) is 214 cm³/mol. The van der Waals surface area contributed by atoms with E-state index in [1.165, 1.54) is 6.92 Å². The van der Waals surface area contributed by atoms with Gasteiger partial charge in [-0.15, -0.1) is 0 Å². The third-order valence-electron chi connectivity index (χ3n) is 12.9. The quantitative estimate of drug-likeness (QED) is 0.0877. The van der Waals surface area contributed by atoms with E-state index in [0.717, 1.165) is 54.4 Å². The second-order valence-electron chi connectivity index (χ2n) is 15.8. The third kappa shape index (κ3) is 10.8. The maximum absolute atomic E-state index is 12.4. The van der Waals surface area contributed by atoms with Crippen LogP contribution < -0.4 is 0 Å². The summed E-state index contributed by atoms with van der Waals surface area (Å²) >= 11 is 0. The summed E-state index contributed by atoms with van der Waals surface area (Å²) in [4.78, 5) is 12.4. The van der Waals surface area contributed by atoms with E-state index in [4.69, 9.17) is 41.7 Å². The summed E-state index contributed by atoms with van der Waals surface area (Å²) < 4.78 is 60.5. The summed E-state index contributed by atoms with van der Waals surface area (Å²) in [5, 5.41) is 0. The van der Waals surface area contributed by atoms with Crippen LogP contribution in [0.1, 0.15) is 110 Å². The fourth-order valence-corrected chi connectivity index (χ4v) is 17.6. The standard InChI is InChI=1S/C39H76O10Si3/c1-15-50(16-2,17-3)47-36-28(10)41-25-24-32(36)45-34-26-33(37(29(11)42-34)48-51(18-4,19-5)20-6)46-35-27-39(14,49-52(21-7,22-8)23-9)38(30(12)43-35)44-31(13)40/h24-25,28-30,32-38H,15-23,26-27H2,1-14H3/t28-,29-,30+,32-,33-,34+,35+,36-,37-,38+,39+/m1/s1. The summed E-state index contributed by atoms with van der Waals surface area (Å²) in [6.45, 7) is 29.8. The van der Waals surface area contributed by atoms with Gasteiger partial charge in [0, 0.05) is 19.8 Å². The van der Waals surface area contributed by atoms with Crippen LogP contribution in [0.15, 0.2) is 12.3 Å². The van der Waals surface area contributed by atoms with Gasteiger partial charge in [0.15, 0.2) is 43.6 Å². The summed E-state index contributed by atoms with van der Waals surface area (Å²) in [6.07, 6.45) is 0.820. The van der Waals surface area contributed by atoms with Crippen molar-refractivity contribution in [2.24, 2.45) is 0 Å². The average molecular weight is 789 g/mol. The molecule has 3 heterocycles. The lowest BCUT2D eigenvalue weighted by atomic mass is 9.88.